The van der Waals surface area contributed by atoms with Gasteiger partial charge in [0, 0.05) is 5.69 Å². The zero-order valence-corrected chi connectivity index (χ0v) is 19.7. The number of hydrogen-bond donors (Lipinski definition) is 1. The molecule has 0 bridgehead atoms. The van der Waals surface area contributed by atoms with Gasteiger partial charge in [-0.3, -0.25) is 9.36 Å². The predicted octanol–water partition coefficient (Wildman–Crippen LogP) is 5.22. The van der Waals surface area contributed by atoms with E-state index in [0.717, 1.165) is 28.4 Å². The zero-order chi connectivity index (χ0) is 23.2. The van der Waals surface area contributed by atoms with Crippen LogP contribution in [-0.4, -0.2) is 33.5 Å². The minimum atomic E-state index is -0.0934. The van der Waals surface area contributed by atoms with Crippen molar-refractivity contribution in [2.75, 3.05) is 12.9 Å². The van der Waals surface area contributed by atoms with Crippen LogP contribution in [0.3, 0.4) is 0 Å². The number of aryl methyl sites for hydroxylation is 1. The number of ether oxygens (including phenoxy) is 1. The maximum Gasteiger partial charge on any atom is 0.230 e. The molecule has 0 saturated carbocycles. The summed E-state index contributed by atoms with van der Waals surface area (Å²) < 4.78 is 7.16. The number of benzene rings is 3. The molecule has 0 fully saturated rings. The average Bonchev–Trinajstić information content (AvgIpc) is 3.23. The van der Waals surface area contributed by atoms with Crippen molar-refractivity contribution in [2.24, 2.45) is 0 Å². The number of carbonyl (C=O) groups excluding carboxylic acids is 1. The number of hydrogen-bond acceptors (Lipinski definition) is 5. The molecule has 0 spiro atoms. The molecule has 0 aliphatic carbocycles. The van der Waals surface area contributed by atoms with Crippen molar-refractivity contribution in [3.63, 3.8) is 0 Å². The maximum absolute atomic E-state index is 12.6. The van der Waals surface area contributed by atoms with Gasteiger partial charge in [-0.05, 0) is 54.8 Å². The summed E-state index contributed by atoms with van der Waals surface area (Å²) in [5.74, 6) is 1.74. The monoisotopic (exact) mass is 458 g/mol. The second-order valence-electron chi connectivity index (χ2n) is 7.63. The molecular formula is C26H26N4O2S. The molecule has 0 saturated heterocycles. The third-order valence-electron chi connectivity index (χ3n) is 5.35. The van der Waals surface area contributed by atoms with Crippen molar-refractivity contribution >= 4 is 17.7 Å². The summed E-state index contributed by atoms with van der Waals surface area (Å²) in [5.41, 5.74) is 4.31. The molecule has 3 aromatic carbocycles. The number of aromatic nitrogens is 3. The molecule has 6 nitrogen and oxygen atoms in total. The Kier molecular flexibility index (Phi) is 7.10. The van der Waals surface area contributed by atoms with E-state index in [9.17, 15) is 4.79 Å². The normalized spacial score (nSPS) is 11.7. The highest BCUT2D eigenvalue weighted by Crippen LogP contribution is 2.24. The summed E-state index contributed by atoms with van der Waals surface area (Å²) in [6, 6.07) is 26.1. The van der Waals surface area contributed by atoms with E-state index in [0.29, 0.717) is 5.16 Å². The molecule has 0 aliphatic heterocycles. The Hall–Kier alpha value is -3.58. The number of nitrogens with zero attached hydrogens (tertiary/aromatic N) is 3. The summed E-state index contributed by atoms with van der Waals surface area (Å²) >= 11 is 1.36. The lowest BCUT2D eigenvalue weighted by Gasteiger charge is -2.15. The van der Waals surface area contributed by atoms with E-state index in [1.807, 2.05) is 60.9 Å². The molecule has 33 heavy (non-hydrogen) atoms. The highest BCUT2D eigenvalue weighted by molar-refractivity contribution is 7.99. The smallest absolute Gasteiger partial charge is 0.230 e. The van der Waals surface area contributed by atoms with E-state index in [1.54, 1.807) is 7.11 Å². The first kappa shape index (κ1) is 22.6. The van der Waals surface area contributed by atoms with Gasteiger partial charge in [-0.2, -0.15) is 0 Å². The number of amides is 1. The van der Waals surface area contributed by atoms with Crippen LogP contribution in [0.2, 0.25) is 0 Å². The van der Waals surface area contributed by atoms with Crippen LogP contribution in [0.25, 0.3) is 16.8 Å². The van der Waals surface area contributed by atoms with E-state index in [-0.39, 0.29) is 17.7 Å². The topological polar surface area (TPSA) is 69.0 Å². The van der Waals surface area contributed by atoms with Gasteiger partial charge in [0.25, 0.3) is 0 Å². The highest BCUT2D eigenvalue weighted by Gasteiger charge is 2.15. The number of rotatable bonds is 8. The summed E-state index contributed by atoms with van der Waals surface area (Å²) in [5, 5.41) is 12.2. The van der Waals surface area contributed by atoms with Crippen molar-refractivity contribution in [3.8, 4) is 22.6 Å². The second kappa shape index (κ2) is 10.4. The van der Waals surface area contributed by atoms with Crippen molar-refractivity contribution in [3.05, 3.63) is 90.3 Å². The molecule has 1 heterocycles. The molecule has 0 radical (unpaired) electrons. The highest BCUT2D eigenvalue weighted by atomic mass is 32.2. The SMILES string of the molecule is COc1ccc(-n2c(C)nnc2SCC(=O)NC(C)c2ccc(-c3ccccc3)cc2)cc1. The Morgan fingerprint density at radius 3 is 2.30 bits per heavy atom. The Morgan fingerprint density at radius 2 is 1.64 bits per heavy atom. The molecule has 7 heteroatoms. The van der Waals surface area contributed by atoms with Crippen molar-refractivity contribution in [1.82, 2.24) is 20.1 Å². The zero-order valence-electron chi connectivity index (χ0n) is 18.9. The Morgan fingerprint density at radius 1 is 0.970 bits per heavy atom. The lowest BCUT2D eigenvalue weighted by molar-refractivity contribution is -0.119. The van der Waals surface area contributed by atoms with Crippen LogP contribution in [0.1, 0.15) is 24.4 Å². The summed E-state index contributed by atoms with van der Waals surface area (Å²) in [7, 11) is 1.64. The van der Waals surface area contributed by atoms with E-state index in [2.05, 4.69) is 51.9 Å². The molecule has 0 aliphatic rings. The Labute approximate surface area is 198 Å². The first-order chi connectivity index (χ1) is 16.0. The van der Waals surface area contributed by atoms with Gasteiger partial charge in [-0.25, -0.2) is 0 Å². The van der Waals surface area contributed by atoms with E-state index in [4.69, 9.17) is 4.74 Å². The van der Waals surface area contributed by atoms with Crippen LogP contribution in [-0.2, 0) is 4.79 Å². The van der Waals surface area contributed by atoms with E-state index in [1.165, 1.54) is 17.3 Å². The number of nitrogens with one attached hydrogen (secondary N) is 1. The standard InChI is InChI=1S/C26H26N4O2S/c1-18(20-9-11-22(12-10-20)21-7-5-4-6-8-21)27-25(31)17-33-26-29-28-19(2)30(26)23-13-15-24(32-3)16-14-23/h4-16,18H,17H2,1-3H3,(H,27,31). The van der Waals surface area contributed by atoms with E-state index < -0.39 is 0 Å². The van der Waals surface area contributed by atoms with Crippen LogP contribution < -0.4 is 10.1 Å². The average molecular weight is 459 g/mol. The van der Waals surface area contributed by atoms with Gasteiger partial charge in [-0.15, -0.1) is 10.2 Å². The Balaban J connectivity index is 1.37. The maximum atomic E-state index is 12.6. The van der Waals surface area contributed by atoms with Gasteiger partial charge in [0.2, 0.25) is 5.91 Å². The van der Waals surface area contributed by atoms with Gasteiger partial charge >= 0.3 is 0 Å². The van der Waals surface area contributed by atoms with Crippen LogP contribution in [0.4, 0.5) is 0 Å². The summed E-state index contributed by atoms with van der Waals surface area (Å²) in [4.78, 5) is 12.6. The largest absolute Gasteiger partial charge is 0.497 e. The fourth-order valence-corrected chi connectivity index (χ4v) is 4.37. The lowest BCUT2D eigenvalue weighted by Crippen LogP contribution is -2.28. The van der Waals surface area contributed by atoms with E-state index >= 15 is 0 Å². The van der Waals surface area contributed by atoms with Gasteiger partial charge < -0.3 is 10.1 Å². The van der Waals surface area contributed by atoms with Crippen LogP contribution >= 0.6 is 11.8 Å². The molecule has 1 aromatic heterocycles. The van der Waals surface area contributed by atoms with Crippen LogP contribution in [0, 0.1) is 6.92 Å². The first-order valence-corrected chi connectivity index (χ1v) is 11.7. The fourth-order valence-electron chi connectivity index (χ4n) is 3.56. The van der Waals surface area contributed by atoms with Crippen molar-refractivity contribution in [2.45, 2.75) is 25.0 Å². The Bertz CT molecular complexity index is 1210. The minimum Gasteiger partial charge on any atom is -0.497 e. The summed E-state index contributed by atoms with van der Waals surface area (Å²) in [6.45, 7) is 3.88. The molecule has 1 amide bonds. The molecule has 4 aromatic rings. The third-order valence-corrected chi connectivity index (χ3v) is 6.28. The third kappa shape index (κ3) is 5.43. The van der Waals surface area contributed by atoms with Gasteiger partial charge in [0.05, 0.1) is 18.9 Å². The quantitative estimate of drug-likeness (QED) is 0.367. The molecule has 1 unspecified atom stereocenters. The van der Waals surface area contributed by atoms with Crippen LogP contribution in [0.15, 0.2) is 84.0 Å². The van der Waals surface area contributed by atoms with Gasteiger partial charge in [0.1, 0.15) is 11.6 Å². The first-order valence-electron chi connectivity index (χ1n) is 10.7. The predicted molar refractivity (Wildman–Crippen MR) is 132 cm³/mol. The van der Waals surface area contributed by atoms with Gasteiger partial charge in [-0.1, -0.05) is 66.4 Å². The fraction of sp³-hybridized carbons (Fsp3) is 0.192. The molecule has 1 N–H and O–H groups in total. The molecular weight excluding hydrogens is 432 g/mol. The lowest BCUT2D eigenvalue weighted by atomic mass is 10.0. The van der Waals surface area contributed by atoms with Gasteiger partial charge in [0.15, 0.2) is 5.16 Å². The number of methoxy groups -OCH3 is 1. The molecule has 4 rings (SSSR count). The second-order valence-corrected chi connectivity index (χ2v) is 8.57. The summed E-state index contributed by atoms with van der Waals surface area (Å²) in [6.07, 6.45) is 0. The number of carbonyl (C=O) groups is 1. The molecule has 168 valence electrons. The van der Waals surface area contributed by atoms with Crippen molar-refractivity contribution < 1.29 is 9.53 Å². The minimum absolute atomic E-state index is 0.0541. The number of thioether (sulfide) groups is 1. The molecule has 1 atom stereocenters. The van der Waals surface area contributed by atoms with Crippen molar-refractivity contribution in [1.29, 1.82) is 0 Å². The van der Waals surface area contributed by atoms with Crippen LogP contribution in [0.5, 0.6) is 5.75 Å².